The molecule has 1 aliphatic rings. The number of hydrogen-bond donors (Lipinski definition) is 0. The first-order chi connectivity index (χ1) is 10.5. The lowest BCUT2D eigenvalue weighted by atomic mass is 9.72. The first-order valence-electron chi connectivity index (χ1n) is 7.10. The maximum atomic E-state index is 13.1. The molecular formula is C18H16BrNO2. The van der Waals surface area contributed by atoms with Gasteiger partial charge in [0.1, 0.15) is 11.2 Å². The molecule has 4 heteroatoms. The van der Waals surface area contributed by atoms with E-state index in [0.717, 1.165) is 21.3 Å². The number of fused-ring (bicyclic) bond motifs is 1. The maximum absolute atomic E-state index is 13.1. The average molecular weight is 358 g/mol. The van der Waals surface area contributed by atoms with Crippen molar-refractivity contribution in [3.63, 3.8) is 0 Å². The van der Waals surface area contributed by atoms with E-state index in [1.807, 2.05) is 48.5 Å². The van der Waals surface area contributed by atoms with Crippen molar-refractivity contribution in [3.05, 3.63) is 64.1 Å². The third kappa shape index (κ3) is 2.10. The highest BCUT2D eigenvalue weighted by molar-refractivity contribution is 9.10. The topological polar surface area (TPSA) is 37.4 Å². The molecule has 0 saturated carbocycles. The Morgan fingerprint density at radius 3 is 2.41 bits per heavy atom. The Morgan fingerprint density at radius 1 is 1.14 bits per heavy atom. The first-order valence-corrected chi connectivity index (χ1v) is 7.89. The second kappa shape index (κ2) is 5.36. The van der Waals surface area contributed by atoms with Gasteiger partial charge in [-0.25, -0.2) is 0 Å². The fraction of sp³-hybridized carbons (Fsp3) is 0.222. The summed E-state index contributed by atoms with van der Waals surface area (Å²) in [6.07, 6.45) is 0.175. The van der Waals surface area contributed by atoms with Gasteiger partial charge in [0.25, 0.3) is 0 Å². The van der Waals surface area contributed by atoms with Crippen molar-refractivity contribution in [3.8, 4) is 0 Å². The number of rotatable bonds is 3. The Hall–Kier alpha value is -1.94. The van der Waals surface area contributed by atoms with Gasteiger partial charge in [-0.1, -0.05) is 46.3 Å². The monoisotopic (exact) mass is 357 g/mol. The minimum atomic E-state index is -0.919. The third-order valence-corrected chi connectivity index (χ3v) is 4.77. The molecule has 0 N–H and O–H groups in total. The minimum Gasteiger partial charge on any atom is -0.314 e. The minimum absolute atomic E-state index is 0.00127. The van der Waals surface area contributed by atoms with E-state index in [0.29, 0.717) is 0 Å². The molecule has 2 aromatic rings. The summed E-state index contributed by atoms with van der Waals surface area (Å²) in [5.74, 6) is -0.0485. The van der Waals surface area contributed by atoms with Crippen LogP contribution in [0.3, 0.4) is 0 Å². The van der Waals surface area contributed by atoms with E-state index < -0.39 is 5.41 Å². The van der Waals surface area contributed by atoms with E-state index in [1.165, 1.54) is 6.92 Å². The van der Waals surface area contributed by atoms with Gasteiger partial charge in [0.15, 0.2) is 0 Å². The summed E-state index contributed by atoms with van der Waals surface area (Å²) in [7, 11) is 1.77. The summed E-state index contributed by atoms with van der Waals surface area (Å²) in [5.41, 5.74) is 1.71. The lowest BCUT2D eigenvalue weighted by molar-refractivity contribution is -0.126. The van der Waals surface area contributed by atoms with Crippen molar-refractivity contribution in [2.45, 2.75) is 18.8 Å². The number of hydrogen-bond acceptors (Lipinski definition) is 2. The van der Waals surface area contributed by atoms with Crippen LogP contribution in [-0.2, 0) is 15.0 Å². The van der Waals surface area contributed by atoms with Gasteiger partial charge < -0.3 is 4.90 Å². The first kappa shape index (κ1) is 15.0. The Morgan fingerprint density at radius 2 is 1.77 bits per heavy atom. The van der Waals surface area contributed by atoms with Crippen LogP contribution < -0.4 is 4.90 Å². The van der Waals surface area contributed by atoms with Gasteiger partial charge in [0, 0.05) is 23.6 Å². The molecule has 2 aromatic carbocycles. The highest BCUT2D eigenvalue weighted by atomic mass is 79.9. The number of Topliss-reactive ketones (excluding diaryl/α,β-unsaturated/α-hetero) is 1. The molecule has 22 heavy (non-hydrogen) atoms. The Bertz CT molecular complexity index is 754. The zero-order valence-corrected chi connectivity index (χ0v) is 14.1. The average Bonchev–Trinajstić information content (AvgIpc) is 2.71. The second-order valence-corrected chi connectivity index (χ2v) is 6.59. The molecule has 3 nitrogen and oxygen atoms in total. The molecule has 0 bridgehead atoms. The number of ketones is 1. The number of halogens is 1. The fourth-order valence-corrected chi connectivity index (χ4v) is 3.56. The van der Waals surface area contributed by atoms with Gasteiger partial charge in [-0.2, -0.15) is 0 Å². The molecule has 1 atom stereocenters. The molecule has 1 aliphatic heterocycles. The zero-order chi connectivity index (χ0) is 15.9. The van der Waals surface area contributed by atoms with Crippen molar-refractivity contribution < 1.29 is 9.59 Å². The third-order valence-electron chi connectivity index (χ3n) is 4.25. The van der Waals surface area contributed by atoms with Crippen LogP contribution in [-0.4, -0.2) is 18.7 Å². The van der Waals surface area contributed by atoms with Crippen LogP contribution in [0.25, 0.3) is 0 Å². The van der Waals surface area contributed by atoms with Crippen LogP contribution in [0.4, 0.5) is 5.69 Å². The predicted octanol–water partition coefficient (Wildman–Crippen LogP) is 3.69. The highest BCUT2D eigenvalue weighted by Gasteiger charge is 2.51. The normalized spacial score (nSPS) is 20.1. The fourth-order valence-electron chi connectivity index (χ4n) is 3.30. The standard InChI is InChI=1S/C18H16BrNO2/c1-12(21)11-18(13-7-9-14(19)10-8-13)15-5-3-4-6-16(15)20(2)17(18)22/h3-10H,11H2,1-2H3. The summed E-state index contributed by atoms with van der Waals surface area (Å²) in [6.45, 7) is 1.54. The smallest absolute Gasteiger partial charge is 0.242 e. The van der Waals surface area contributed by atoms with Gasteiger partial charge in [-0.3, -0.25) is 9.59 Å². The molecule has 1 amide bonds. The zero-order valence-electron chi connectivity index (χ0n) is 12.5. The summed E-state index contributed by atoms with van der Waals surface area (Å²) >= 11 is 3.42. The molecule has 3 rings (SSSR count). The van der Waals surface area contributed by atoms with E-state index in [-0.39, 0.29) is 18.1 Å². The Kier molecular flexibility index (Phi) is 3.65. The molecule has 0 aromatic heterocycles. The van der Waals surface area contributed by atoms with E-state index >= 15 is 0 Å². The van der Waals surface area contributed by atoms with Crippen molar-refractivity contribution >= 4 is 33.3 Å². The summed E-state index contributed by atoms with van der Waals surface area (Å²) < 4.78 is 0.946. The largest absolute Gasteiger partial charge is 0.314 e. The lowest BCUT2D eigenvalue weighted by Crippen LogP contribution is -2.41. The van der Waals surface area contributed by atoms with Crippen LogP contribution in [0.5, 0.6) is 0 Å². The number of carbonyl (C=O) groups is 2. The molecule has 0 aliphatic carbocycles. The van der Waals surface area contributed by atoms with Crippen LogP contribution >= 0.6 is 15.9 Å². The highest BCUT2D eigenvalue weighted by Crippen LogP contribution is 2.47. The number of para-hydroxylation sites is 1. The van der Waals surface area contributed by atoms with Gasteiger partial charge in [0.2, 0.25) is 5.91 Å². The van der Waals surface area contributed by atoms with Crippen molar-refractivity contribution in [2.75, 3.05) is 11.9 Å². The second-order valence-electron chi connectivity index (χ2n) is 5.67. The molecule has 1 unspecified atom stereocenters. The molecule has 1 heterocycles. The quantitative estimate of drug-likeness (QED) is 0.839. The van der Waals surface area contributed by atoms with Crippen LogP contribution in [0.15, 0.2) is 53.0 Å². The number of carbonyl (C=O) groups excluding carboxylic acids is 2. The Balaban J connectivity index is 2.29. The molecule has 0 fully saturated rings. The van der Waals surface area contributed by atoms with E-state index in [1.54, 1.807) is 11.9 Å². The summed E-state index contributed by atoms with van der Waals surface area (Å²) in [4.78, 5) is 26.6. The van der Waals surface area contributed by atoms with Crippen molar-refractivity contribution in [1.29, 1.82) is 0 Å². The van der Waals surface area contributed by atoms with Crippen molar-refractivity contribution in [2.24, 2.45) is 0 Å². The maximum Gasteiger partial charge on any atom is 0.242 e. The number of benzene rings is 2. The molecule has 112 valence electrons. The van der Waals surface area contributed by atoms with Gasteiger partial charge in [-0.15, -0.1) is 0 Å². The van der Waals surface area contributed by atoms with Crippen LogP contribution in [0, 0.1) is 0 Å². The van der Waals surface area contributed by atoms with Gasteiger partial charge >= 0.3 is 0 Å². The van der Waals surface area contributed by atoms with Crippen LogP contribution in [0.1, 0.15) is 24.5 Å². The number of likely N-dealkylation sites (N-methyl/N-ethyl adjacent to an activating group) is 1. The number of amides is 1. The predicted molar refractivity (Wildman–Crippen MR) is 90.1 cm³/mol. The molecular weight excluding hydrogens is 342 g/mol. The molecule has 0 spiro atoms. The van der Waals surface area contributed by atoms with Gasteiger partial charge in [0.05, 0.1) is 0 Å². The van der Waals surface area contributed by atoms with Crippen LogP contribution in [0.2, 0.25) is 0 Å². The van der Waals surface area contributed by atoms with Crippen molar-refractivity contribution in [1.82, 2.24) is 0 Å². The van der Waals surface area contributed by atoms with E-state index in [4.69, 9.17) is 0 Å². The number of anilines is 1. The SMILES string of the molecule is CC(=O)CC1(c2ccc(Br)cc2)C(=O)N(C)c2ccccc21. The van der Waals surface area contributed by atoms with Gasteiger partial charge in [-0.05, 0) is 36.2 Å². The Labute approximate surface area is 138 Å². The molecule has 0 saturated heterocycles. The van der Waals surface area contributed by atoms with E-state index in [9.17, 15) is 9.59 Å². The van der Waals surface area contributed by atoms with E-state index in [2.05, 4.69) is 15.9 Å². The number of nitrogens with zero attached hydrogens (tertiary/aromatic N) is 1. The summed E-state index contributed by atoms with van der Waals surface area (Å²) in [5, 5.41) is 0. The lowest BCUT2D eigenvalue weighted by Gasteiger charge is -2.28. The molecule has 0 radical (unpaired) electrons. The summed E-state index contributed by atoms with van der Waals surface area (Å²) in [6, 6.07) is 15.3.